The molecule has 63 valence electrons. The van der Waals surface area contributed by atoms with Crippen LogP contribution in [0.2, 0.25) is 0 Å². The number of ether oxygens (including phenoxy) is 1. The van der Waals surface area contributed by atoms with Crippen LogP contribution in [0.4, 0.5) is 0 Å². The maximum absolute atomic E-state index is 5.61. The number of rotatable bonds is 3. The topological polar surface area (TPSA) is 9.23 Å². The molecule has 1 aromatic rings. The normalized spacial score (nSPS) is 18.8. The second kappa shape index (κ2) is 2.81. The van der Waals surface area contributed by atoms with E-state index in [1.165, 1.54) is 12.8 Å². The third-order valence-corrected chi connectivity index (χ3v) is 2.38. The molecule has 0 aliphatic heterocycles. The van der Waals surface area contributed by atoms with Crippen molar-refractivity contribution in [2.75, 3.05) is 6.61 Å². The van der Waals surface area contributed by atoms with Gasteiger partial charge >= 0.3 is 0 Å². The Hall–Kier alpha value is -0.980. The standard InChI is InChI=1S/C11H13O/c1-11(7-8-11)9-12-10-5-3-2-4-6-10/h3-6H,7-9H2,1H3. The van der Waals surface area contributed by atoms with Crippen LogP contribution in [0.3, 0.4) is 0 Å². The zero-order chi connectivity index (χ0) is 8.44. The molecule has 0 aromatic heterocycles. The Bertz CT molecular complexity index is 249. The minimum Gasteiger partial charge on any atom is -0.493 e. The van der Waals surface area contributed by atoms with E-state index in [1.807, 2.05) is 24.3 Å². The largest absolute Gasteiger partial charge is 0.493 e. The fourth-order valence-electron chi connectivity index (χ4n) is 1.08. The van der Waals surface area contributed by atoms with Gasteiger partial charge in [0.1, 0.15) is 5.75 Å². The summed E-state index contributed by atoms with van der Waals surface area (Å²) in [7, 11) is 0. The van der Waals surface area contributed by atoms with Crippen molar-refractivity contribution in [1.29, 1.82) is 0 Å². The van der Waals surface area contributed by atoms with Crippen LogP contribution < -0.4 is 4.74 Å². The van der Waals surface area contributed by atoms with E-state index in [0.717, 1.165) is 12.4 Å². The molecule has 0 saturated heterocycles. The van der Waals surface area contributed by atoms with Crippen LogP contribution in [0, 0.1) is 11.5 Å². The Kier molecular flexibility index (Phi) is 1.80. The van der Waals surface area contributed by atoms with E-state index in [4.69, 9.17) is 4.74 Å². The average Bonchev–Trinajstić information content (AvgIpc) is 2.84. The number of hydrogen-bond donors (Lipinski definition) is 0. The second-order valence-corrected chi connectivity index (χ2v) is 3.84. The van der Waals surface area contributed by atoms with Crippen LogP contribution in [0.1, 0.15) is 19.8 Å². The Balaban J connectivity index is 1.88. The van der Waals surface area contributed by atoms with Gasteiger partial charge in [-0.2, -0.15) is 0 Å². The summed E-state index contributed by atoms with van der Waals surface area (Å²) >= 11 is 0. The predicted octanol–water partition coefficient (Wildman–Crippen LogP) is 2.67. The predicted molar refractivity (Wildman–Crippen MR) is 48.1 cm³/mol. The fourth-order valence-corrected chi connectivity index (χ4v) is 1.08. The highest BCUT2D eigenvalue weighted by Gasteiger charge is 2.37. The Labute approximate surface area is 73.4 Å². The highest BCUT2D eigenvalue weighted by molar-refractivity contribution is 5.20. The van der Waals surface area contributed by atoms with Crippen molar-refractivity contribution in [2.24, 2.45) is 5.41 Å². The van der Waals surface area contributed by atoms with Crippen LogP contribution >= 0.6 is 0 Å². The summed E-state index contributed by atoms with van der Waals surface area (Å²) in [6.45, 7) is 3.12. The van der Waals surface area contributed by atoms with E-state index in [2.05, 4.69) is 13.0 Å². The van der Waals surface area contributed by atoms with Crippen molar-refractivity contribution < 1.29 is 4.74 Å². The molecule has 0 spiro atoms. The molecule has 0 heterocycles. The zero-order valence-corrected chi connectivity index (χ0v) is 7.34. The van der Waals surface area contributed by atoms with Crippen LogP contribution in [-0.2, 0) is 0 Å². The molecule has 1 aliphatic carbocycles. The van der Waals surface area contributed by atoms with E-state index in [0.29, 0.717) is 5.41 Å². The maximum Gasteiger partial charge on any atom is 0.119 e. The molecule has 0 amide bonds. The van der Waals surface area contributed by atoms with Crippen LogP contribution in [-0.4, -0.2) is 6.61 Å². The minimum absolute atomic E-state index is 0.472. The van der Waals surface area contributed by atoms with Gasteiger partial charge in [0, 0.05) is 5.41 Å². The average molecular weight is 161 g/mol. The van der Waals surface area contributed by atoms with Crippen LogP contribution in [0.5, 0.6) is 5.75 Å². The Morgan fingerprint density at radius 3 is 2.67 bits per heavy atom. The lowest BCUT2D eigenvalue weighted by molar-refractivity contribution is 0.247. The molecule has 0 N–H and O–H groups in total. The first-order chi connectivity index (χ1) is 5.79. The maximum atomic E-state index is 5.61. The van der Waals surface area contributed by atoms with Gasteiger partial charge in [0.05, 0.1) is 6.61 Å². The quantitative estimate of drug-likeness (QED) is 0.662. The highest BCUT2D eigenvalue weighted by Crippen LogP contribution is 2.44. The summed E-state index contributed by atoms with van der Waals surface area (Å²) in [5.74, 6) is 0.960. The smallest absolute Gasteiger partial charge is 0.119 e. The van der Waals surface area contributed by atoms with E-state index in [-0.39, 0.29) is 0 Å². The molecule has 12 heavy (non-hydrogen) atoms. The van der Waals surface area contributed by atoms with Gasteiger partial charge in [0.15, 0.2) is 0 Å². The number of hydrogen-bond acceptors (Lipinski definition) is 1. The van der Waals surface area contributed by atoms with Gasteiger partial charge < -0.3 is 4.74 Å². The molecule has 1 heteroatoms. The van der Waals surface area contributed by atoms with Crippen molar-refractivity contribution in [3.8, 4) is 5.75 Å². The molecule has 1 aromatic carbocycles. The molecule has 1 nitrogen and oxygen atoms in total. The Morgan fingerprint density at radius 2 is 2.08 bits per heavy atom. The molecule has 0 unspecified atom stereocenters. The van der Waals surface area contributed by atoms with E-state index < -0.39 is 0 Å². The molecule has 0 atom stereocenters. The summed E-state index contributed by atoms with van der Waals surface area (Å²) in [6.07, 6.45) is 2.62. The van der Waals surface area contributed by atoms with Crippen molar-refractivity contribution in [1.82, 2.24) is 0 Å². The van der Waals surface area contributed by atoms with Crippen LogP contribution in [0.25, 0.3) is 0 Å². The molecule has 0 bridgehead atoms. The lowest BCUT2D eigenvalue weighted by Gasteiger charge is -2.09. The van der Waals surface area contributed by atoms with Gasteiger partial charge in [-0.15, -0.1) is 0 Å². The SMILES string of the molecule is CC1(COc2cc[c]cc2)CC1. The van der Waals surface area contributed by atoms with Crippen LogP contribution in [0.15, 0.2) is 24.3 Å². The summed E-state index contributed by atoms with van der Waals surface area (Å²) < 4.78 is 5.61. The first-order valence-corrected chi connectivity index (χ1v) is 4.37. The molecule has 1 radical (unpaired) electrons. The Morgan fingerprint density at radius 1 is 1.42 bits per heavy atom. The lowest BCUT2D eigenvalue weighted by Crippen LogP contribution is -2.08. The van der Waals surface area contributed by atoms with Crippen molar-refractivity contribution in [3.05, 3.63) is 30.3 Å². The third kappa shape index (κ3) is 1.79. The van der Waals surface area contributed by atoms with Crippen molar-refractivity contribution >= 4 is 0 Å². The summed E-state index contributed by atoms with van der Waals surface area (Å²) in [6, 6.07) is 10.6. The molecular formula is C11H13O. The van der Waals surface area contributed by atoms with Crippen molar-refractivity contribution in [3.63, 3.8) is 0 Å². The zero-order valence-electron chi connectivity index (χ0n) is 7.34. The minimum atomic E-state index is 0.472. The first-order valence-electron chi connectivity index (χ1n) is 4.37. The third-order valence-electron chi connectivity index (χ3n) is 2.38. The first kappa shape index (κ1) is 7.66. The summed E-state index contributed by atoms with van der Waals surface area (Å²) in [4.78, 5) is 0. The number of benzene rings is 1. The fraction of sp³-hybridized carbons (Fsp3) is 0.455. The van der Waals surface area contributed by atoms with E-state index in [9.17, 15) is 0 Å². The summed E-state index contributed by atoms with van der Waals surface area (Å²) in [5.41, 5.74) is 0.472. The van der Waals surface area contributed by atoms with Gasteiger partial charge in [-0.1, -0.05) is 19.1 Å². The van der Waals surface area contributed by atoms with Gasteiger partial charge in [0.2, 0.25) is 0 Å². The van der Waals surface area contributed by atoms with E-state index >= 15 is 0 Å². The summed E-state index contributed by atoms with van der Waals surface area (Å²) in [5, 5.41) is 0. The van der Waals surface area contributed by atoms with E-state index in [1.54, 1.807) is 0 Å². The lowest BCUT2D eigenvalue weighted by atomic mass is 10.2. The second-order valence-electron chi connectivity index (χ2n) is 3.84. The molecular weight excluding hydrogens is 148 g/mol. The molecule has 2 rings (SSSR count). The monoisotopic (exact) mass is 161 g/mol. The highest BCUT2D eigenvalue weighted by atomic mass is 16.5. The van der Waals surface area contributed by atoms with Gasteiger partial charge in [0.25, 0.3) is 0 Å². The molecule has 1 aliphatic rings. The van der Waals surface area contributed by atoms with Gasteiger partial charge in [-0.05, 0) is 31.0 Å². The van der Waals surface area contributed by atoms with Crippen molar-refractivity contribution in [2.45, 2.75) is 19.8 Å². The van der Waals surface area contributed by atoms with Gasteiger partial charge in [-0.3, -0.25) is 0 Å². The molecule has 1 fully saturated rings. The molecule has 1 saturated carbocycles. The van der Waals surface area contributed by atoms with Gasteiger partial charge in [-0.25, -0.2) is 0 Å².